The zero-order valence-corrected chi connectivity index (χ0v) is 12.7. The Balaban J connectivity index is 1.57. The molecule has 2 N–H and O–H groups in total. The first-order valence-corrected chi connectivity index (χ1v) is 7.61. The van der Waals surface area contributed by atoms with Crippen LogP contribution < -0.4 is 5.73 Å². The summed E-state index contributed by atoms with van der Waals surface area (Å²) in [6.45, 7) is 6.28. The van der Waals surface area contributed by atoms with Crippen LogP contribution in [0.25, 0.3) is 0 Å². The molecule has 1 aromatic carbocycles. The topological polar surface area (TPSA) is 77.4 Å². The largest absolute Gasteiger partial charge is 0.408 e. The van der Waals surface area contributed by atoms with Crippen LogP contribution in [-0.4, -0.2) is 41.4 Å². The summed E-state index contributed by atoms with van der Waals surface area (Å²) in [7, 11) is 0. The molecule has 2 aliphatic rings. The molecule has 2 fully saturated rings. The van der Waals surface area contributed by atoms with Crippen molar-refractivity contribution < 1.29 is 9.15 Å². The number of rotatable bonds is 3. The highest BCUT2D eigenvalue weighted by Crippen LogP contribution is 2.43. The molecule has 3 heterocycles. The van der Waals surface area contributed by atoms with Crippen LogP contribution in [0.2, 0.25) is 0 Å². The number of nitrogens with zero attached hydrogens (tertiary/aromatic N) is 3. The lowest BCUT2D eigenvalue weighted by molar-refractivity contribution is 0.140. The second-order valence-corrected chi connectivity index (χ2v) is 6.47. The van der Waals surface area contributed by atoms with Gasteiger partial charge in [-0.15, -0.1) is 5.10 Å². The van der Waals surface area contributed by atoms with Crippen LogP contribution in [0.15, 0.2) is 28.7 Å². The number of benzene rings is 1. The molecular weight excluding hydrogens is 280 g/mol. The van der Waals surface area contributed by atoms with Crippen molar-refractivity contribution in [2.45, 2.75) is 18.9 Å². The molecule has 2 aromatic rings. The van der Waals surface area contributed by atoms with E-state index in [4.69, 9.17) is 14.9 Å². The lowest BCUT2D eigenvalue weighted by Crippen LogP contribution is -2.35. The summed E-state index contributed by atoms with van der Waals surface area (Å²) in [5.74, 6) is 1.01. The fraction of sp³-hybridized carbons (Fsp3) is 0.500. The fourth-order valence-electron chi connectivity index (χ4n) is 3.77. The minimum absolute atomic E-state index is 0.132. The molecule has 0 aliphatic carbocycles. The molecule has 0 saturated carbocycles. The van der Waals surface area contributed by atoms with Gasteiger partial charge in [0.1, 0.15) is 0 Å². The van der Waals surface area contributed by atoms with Crippen molar-refractivity contribution in [2.75, 3.05) is 32.0 Å². The van der Waals surface area contributed by atoms with Gasteiger partial charge in [0.2, 0.25) is 5.89 Å². The van der Waals surface area contributed by atoms with Gasteiger partial charge in [0.25, 0.3) is 0 Å². The van der Waals surface area contributed by atoms with Crippen molar-refractivity contribution in [3.8, 4) is 0 Å². The van der Waals surface area contributed by atoms with Crippen LogP contribution >= 0.6 is 0 Å². The predicted molar refractivity (Wildman–Crippen MR) is 81.2 cm³/mol. The van der Waals surface area contributed by atoms with Crippen LogP contribution in [0.5, 0.6) is 0 Å². The Morgan fingerprint density at radius 1 is 1.41 bits per heavy atom. The van der Waals surface area contributed by atoms with Gasteiger partial charge in [0.05, 0.1) is 18.6 Å². The van der Waals surface area contributed by atoms with Crippen molar-refractivity contribution >= 4 is 6.01 Å². The van der Waals surface area contributed by atoms with Gasteiger partial charge >= 0.3 is 6.01 Å². The van der Waals surface area contributed by atoms with E-state index in [-0.39, 0.29) is 11.4 Å². The van der Waals surface area contributed by atoms with Crippen LogP contribution in [-0.2, 0) is 16.7 Å². The van der Waals surface area contributed by atoms with Gasteiger partial charge in [-0.2, -0.15) is 0 Å². The van der Waals surface area contributed by atoms with Gasteiger partial charge in [-0.05, 0) is 12.5 Å². The number of ether oxygens (including phenoxy) is 1. The summed E-state index contributed by atoms with van der Waals surface area (Å²) < 4.78 is 11.2. The Morgan fingerprint density at radius 2 is 2.32 bits per heavy atom. The van der Waals surface area contributed by atoms with E-state index in [0.29, 0.717) is 18.4 Å². The normalized spacial score (nSPS) is 28.1. The first-order valence-electron chi connectivity index (χ1n) is 7.61. The number of aromatic nitrogens is 2. The first kappa shape index (κ1) is 13.7. The summed E-state index contributed by atoms with van der Waals surface area (Å²) in [6.07, 6.45) is 0. The van der Waals surface area contributed by atoms with Gasteiger partial charge < -0.3 is 14.9 Å². The standard InChI is InChI=1S/C16H20N4O2/c1-11-3-2-4-12(5-11)6-20-7-13-8-21-10-16(13,9-20)14-18-19-15(17)22-14/h2-5,13H,6-10H2,1H3,(H2,17,19)/t13-,16-/m1/s1. The van der Waals surface area contributed by atoms with Gasteiger partial charge in [-0.25, -0.2) is 0 Å². The minimum atomic E-state index is -0.200. The fourth-order valence-corrected chi connectivity index (χ4v) is 3.77. The lowest BCUT2D eigenvalue weighted by Gasteiger charge is -2.23. The third-order valence-electron chi connectivity index (χ3n) is 4.80. The Morgan fingerprint density at radius 3 is 3.09 bits per heavy atom. The zero-order chi connectivity index (χ0) is 15.2. The zero-order valence-electron chi connectivity index (χ0n) is 12.7. The van der Waals surface area contributed by atoms with Crippen molar-refractivity contribution in [2.24, 2.45) is 5.92 Å². The van der Waals surface area contributed by atoms with E-state index in [2.05, 4.69) is 46.3 Å². The van der Waals surface area contributed by atoms with Gasteiger partial charge in [0.15, 0.2) is 0 Å². The number of anilines is 1. The van der Waals surface area contributed by atoms with Crippen molar-refractivity contribution in [3.05, 3.63) is 41.3 Å². The van der Waals surface area contributed by atoms with Crippen molar-refractivity contribution in [1.29, 1.82) is 0 Å². The molecule has 2 atom stereocenters. The average molecular weight is 300 g/mol. The summed E-state index contributed by atoms with van der Waals surface area (Å²) in [4.78, 5) is 2.45. The summed E-state index contributed by atoms with van der Waals surface area (Å²) >= 11 is 0. The van der Waals surface area contributed by atoms with E-state index in [1.54, 1.807) is 0 Å². The molecule has 6 nitrogen and oxygen atoms in total. The number of hydrogen-bond acceptors (Lipinski definition) is 6. The summed E-state index contributed by atoms with van der Waals surface area (Å²) in [5.41, 5.74) is 8.03. The highest BCUT2D eigenvalue weighted by molar-refractivity contribution is 5.24. The van der Waals surface area contributed by atoms with E-state index >= 15 is 0 Å². The third-order valence-corrected chi connectivity index (χ3v) is 4.80. The predicted octanol–water partition coefficient (Wildman–Crippen LogP) is 1.36. The third kappa shape index (κ3) is 2.19. The second-order valence-electron chi connectivity index (χ2n) is 6.47. The molecule has 0 radical (unpaired) electrons. The Labute approximate surface area is 129 Å². The molecular formula is C16H20N4O2. The van der Waals surface area contributed by atoms with E-state index in [1.807, 2.05) is 0 Å². The van der Waals surface area contributed by atoms with Gasteiger partial charge in [-0.3, -0.25) is 4.90 Å². The van der Waals surface area contributed by atoms with Crippen LogP contribution in [0, 0.1) is 12.8 Å². The molecule has 0 amide bonds. The smallest absolute Gasteiger partial charge is 0.312 e. The average Bonchev–Trinajstić information content (AvgIpc) is 3.12. The molecule has 2 saturated heterocycles. The minimum Gasteiger partial charge on any atom is -0.408 e. The maximum Gasteiger partial charge on any atom is 0.312 e. The van der Waals surface area contributed by atoms with E-state index in [0.717, 1.165) is 26.2 Å². The lowest BCUT2D eigenvalue weighted by atomic mass is 9.81. The van der Waals surface area contributed by atoms with E-state index in [9.17, 15) is 0 Å². The molecule has 4 rings (SSSR count). The SMILES string of the molecule is Cc1cccc(CN2C[C@@H]3COC[C@]3(c3nnc(N)o3)C2)c1. The Kier molecular flexibility index (Phi) is 3.16. The Hall–Kier alpha value is -1.92. The number of fused-ring (bicyclic) bond motifs is 1. The molecule has 0 spiro atoms. The monoisotopic (exact) mass is 300 g/mol. The summed E-state index contributed by atoms with van der Waals surface area (Å²) in [6, 6.07) is 8.78. The van der Waals surface area contributed by atoms with Crippen LogP contribution in [0.1, 0.15) is 17.0 Å². The molecule has 0 bridgehead atoms. The van der Waals surface area contributed by atoms with Crippen LogP contribution in [0.4, 0.5) is 6.01 Å². The molecule has 22 heavy (non-hydrogen) atoms. The number of likely N-dealkylation sites (tertiary alicyclic amines) is 1. The molecule has 116 valence electrons. The number of aryl methyl sites for hydroxylation is 1. The van der Waals surface area contributed by atoms with Crippen molar-refractivity contribution in [1.82, 2.24) is 15.1 Å². The summed E-state index contributed by atoms with van der Waals surface area (Å²) in [5, 5.41) is 7.96. The highest BCUT2D eigenvalue weighted by atomic mass is 16.5. The number of nitrogens with two attached hydrogens (primary N) is 1. The van der Waals surface area contributed by atoms with Gasteiger partial charge in [0, 0.05) is 25.6 Å². The second kappa shape index (κ2) is 5.07. The maximum absolute atomic E-state index is 5.70. The number of hydrogen-bond donors (Lipinski definition) is 1. The molecule has 0 unspecified atom stereocenters. The highest BCUT2D eigenvalue weighted by Gasteiger charge is 2.55. The molecule has 2 aliphatic heterocycles. The Bertz CT molecular complexity index is 686. The van der Waals surface area contributed by atoms with Crippen LogP contribution in [0.3, 0.4) is 0 Å². The first-order chi connectivity index (χ1) is 10.7. The van der Waals surface area contributed by atoms with Gasteiger partial charge in [-0.1, -0.05) is 34.9 Å². The quantitative estimate of drug-likeness (QED) is 0.922. The molecule has 1 aromatic heterocycles. The number of nitrogen functional groups attached to an aromatic ring is 1. The maximum atomic E-state index is 5.70. The van der Waals surface area contributed by atoms with Crippen molar-refractivity contribution in [3.63, 3.8) is 0 Å². The van der Waals surface area contributed by atoms with E-state index < -0.39 is 0 Å². The van der Waals surface area contributed by atoms with E-state index in [1.165, 1.54) is 11.1 Å². The molecule has 6 heteroatoms.